The van der Waals surface area contributed by atoms with Gasteiger partial charge in [0.15, 0.2) is 0 Å². The SMILES string of the molecule is Cc1ccc(NC(=O)c2cc3cc(F)ccc3[nH]2)c(O)c1. The maximum atomic E-state index is 13.1. The molecule has 0 saturated heterocycles. The summed E-state index contributed by atoms with van der Waals surface area (Å²) in [4.78, 5) is 15.1. The van der Waals surface area contributed by atoms with Crippen LogP contribution >= 0.6 is 0 Å². The zero-order valence-corrected chi connectivity index (χ0v) is 11.3. The van der Waals surface area contributed by atoms with Crippen molar-refractivity contribution in [3.63, 3.8) is 0 Å². The summed E-state index contributed by atoms with van der Waals surface area (Å²) in [5.74, 6) is -0.749. The summed E-state index contributed by atoms with van der Waals surface area (Å²) in [6.07, 6.45) is 0. The fourth-order valence-corrected chi connectivity index (χ4v) is 2.16. The average Bonchev–Trinajstić information content (AvgIpc) is 2.85. The van der Waals surface area contributed by atoms with Crippen LogP contribution < -0.4 is 5.32 Å². The maximum absolute atomic E-state index is 13.1. The van der Waals surface area contributed by atoms with Crippen molar-refractivity contribution in [1.82, 2.24) is 4.98 Å². The van der Waals surface area contributed by atoms with Crippen LogP contribution in [0, 0.1) is 12.7 Å². The van der Waals surface area contributed by atoms with Gasteiger partial charge in [0.25, 0.3) is 5.91 Å². The van der Waals surface area contributed by atoms with Gasteiger partial charge in [0.1, 0.15) is 17.3 Å². The van der Waals surface area contributed by atoms with Crippen LogP contribution in [-0.4, -0.2) is 16.0 Å². The molecule has 1 heterocycles. The van der Waals surface area contributed by atoms with E-state index >= 15 is 0 Å². The number of hydrogen-bond donors (Lipinski definition) is 3. The Balaban J connectivity index is 1.89. The van der Waals surface area contributed by atoms with E-state index in [1.807, 2.05) is 6.92 Å². The van der Waals surface area contributed by atoms with Gasteiger partial charge in [-0.1, -0.05) is 6.07 Å². The summed E-state index contributed by atoms with van der Waals surface area (Å²) in [7, 11) is 0. The van der Waals surface area contributed by atoms with E-state index in [0.29, 0.717) is 22.3 Å². The molecular formula is C16H13FN2O2. The quantitative estimate of drug-likeness (QED) is 0.630. The zero-order valence-electron chi connectivity index (χ0n) is 11.3. The van der Waals surface area contributed by atoms with E-state index in [9.17, 15) is 14.3 Å². The largest absolute Gasteiger partial charge is 0.506 e. The first-order valence-corrected chi connectivity index (χ1v) is 6.42. The molecule has 106 valence electrons. The van der Waals surface area contributed by atoms with Crippen LogP contribution in [0.3, 0.4) is 0 Å². The van der Waals surface area contributed by atoms with Gasteiger partial charge in [-0.2, -0.15) is 0 Å². The second-order valence-electron chi connectivity index (χ2n) is 4.89. The summed E-state index contributed by atoms with van der Waals surface area (Å²) in [5, 5.41) is 13.0. The number of phenols is 1. The Kier molecular flexibility index (Phi) is 3.10. The van der Waals surface area contributed by atoms with Gasteiger partial charge in [0, 0.05) is 10.9 Å². The molecule has 0 unspecified atom stereocenters. The van der Waals surface area contributed by atoms with Crippen molar-refractivity contribution in [1.29, 1.82) is 0 Å². The molecule has 21 heavy (non-hydrogen) atoms. The standard InChI is InChI=1S/C16H13FN2O2/c1-9-2-4-13(15(20)6-9)19-16(21)14-8-10-7-11(17)3-5-12(10)18-14/h2-8,18,20H,1H3,(H,19,21). The fourth-order valence-electron chi connectivity index (χ4n) is 2.16. The highest BCUT2D eigenvalue weighted by Crippen LogP contribution is 2.25. The third kappa shape index (κ3) is 2.58. The van der Waals surface area contributed by atoms with Gasteiger partial charge in [-0.15, -0.1) is 0 Å². The lowest BCUT2D eigenvalue weighted by Crippen LogP contribution is -2.12. The van der Waals surface area contributed by atoms with E-state index in [-0.39, 0.29) is 11.6 Å². The molecule has 1 aromatic heterocycles. The van der Waals surface area contributed by atoms with Crippen molar-refractivity contribution < 1.29 is 14.3 Å². The van der Waals surface area contributed by atoms with Crippen molar-refractivity contribution in [3.8, 4) is 5.75 Å². The number of rotatable bonds is 2. The van der Waals surface area contributed by atoms with Gasteiger partial charge in [-0.25, -0.2) is 4.39 Å². The third-order valence-electron chi connectivity index (χ3n) is 3.23. The average molecular weight is 284 g/mol. The van der Waals surface area contributed by atoms with Crippen molar-refractivity contribution >= 4 is 22.5 Å². The van der Waals surface area contributed by atoms with Gasteiger partial charge in [0.05, 0.1) is 5.69 Å². The highest BCUT2D eigenvalue weighted by Gasteiger charge is 2.12. The molecule has 0 saturated carbocycles. The predicted octanol–water partition coefficient (Wildman–Crippen LogP) is 3.57. The molecule has 3 rings (SSSR count). The lowest BCUT2D eigenvalue weighted by atomic mass is 10.2. The van der Waals surface area contributed by atoms with E-state index in [4.69, 9.17) is 0 Å². The van der Waals surface area contributed by atoms with Crippen LogP contribution in [0.2, 0.25) is 0 Å². The highest BCUT2D eigenvalue weighted by atomic mass is 19.1. The number of carbonyl (C=O) groups is 1. The number of aryl methyl sites for hydroxylation is 1. The molecule has 0 fully saturated rings. The zero-order chi connectivity index (χ0) is 15.0. The Morgan fingerprint density at radius 3 is 2.76 bits per heavy atom. The Morgan fingerprint density at radius 1 is 1.19 bits per heavy atom. The number of aromatic nitrogens is 1. The van der Waals surface area contributed by atoms with Crippen molar-refractivity contribution in [3.05, 3.63) is 59.5 Å². The van der Waals surface area contributed by atoms with Gasteiger partial charge < -0.3 is 15.4 Å². The molecular weight excluding hydrogens is 271 g/mol. The van der Waals surface area contributed by atoms with Crippen molar-refractivity contribution in [2.45, 2.75) is 6.92 Å². The number of H-pyrrole nitrogens is 1. The molecule has 1 amide bonds. The number of hydrogen-bond acceptors (Lipinski definition) is 2. The molecule has 0 aliphatic carbocycles. The summed E-state index contributed by atoms with van der Waals surface area (Å²) < 4.78 is 13.1. The number of anilines is 1. The van der Waals surface area contributed by atoms with E-state index in [1.165, 1.54) is 12.1 Å². The molecule has 0 spiro atoms. The molecule has 0 bridgehead atoms. The molecule has 2 aromatic carbocycles. The monoisotopic (exact) mass is 284 g/mol. The van der Waals surface area contributed by atoms with Crippen LogP contribution in [0.4, 0.5) is 10.1 Å². The first-order chi connectivity index (χ1) is 10.0. The maximum Gasteiger partial charge on any atom is 0.272 e. The number of benzene rings is 2. The van der Waals surface area contributed by atoms with Crippen molar-refractivity contribution in [2.24, 2.45) is 0 Å². The van der Waals surface area contributed by atoms with Crippen LogP contribution in [-0.2, 0) is 0 Å². The number of carbonyl (C=O) groups excluding carboxylic acids is 1. The molecule has 3 N–H and O–H groups in total. The molecule has 3 aromatic rings. The molecule has 0 aliphatic rings. The Bertz CT molecular complexity index is 839. The molecule has 0 atom stereocenters. The lowest BCUT2D eigenvalue weighted by molar-refractivity contribution is 0.102. The van der Waals surface area contributed by atoms with Gasteiger partial charge >= 0.3 is 0 Å². The number of phenolic OH excluding ortho intramolecular Hbond substituents is 1. The van der Waals surface area contributed by atoms with E-state index in [1.54, 1.807) is 30.3 Å². The lowest BCUT2D eigenvalue weighted by Gasteiger charge is -2.06. The van der Waals surface area contributed by atoms with E-state index in [0.717, 1.165) is 5.56 Å². The first-order valence-electron chi connectivity index (χ1n) is 6.42. The number of aromatic hydroxyl groups is 1. The number of aromatic amines is 1. The van der Waals surface area contributed by atoms with E-state index in [2.05, 4.69) is 10.3 Å². The Morgan fingerprint density at radius 2 is 2.00 bits per heavy atom. The highest BCUT2D eigenvalue weighted by molar-refractivity contribution is 6.06. The fraction of sp³-hybridized carbons (Fsp3) is 0.0625. The predicted molar refractivity (Wildman–Crippen MR) is 79.1 cm³/mol. The van der Waals surface area contributed by atoms with E-state index < -0.39 is 5.91 Å². The Hall–Kier alpha value is -2.82. The topological polar surface area (TPSA) is 65.1 Å². The van der Waals surface area contributed by atoms with Crippen LogP contribution in [0.5, 0.6) is 5.75 Å². The normalized spacial score (nSPS) is 10.8. The third-order valence-corrected chi connectivity index (χ3v) is 3.23. The summed E-state index contributed by atoms with van der Waals surface area (Å²) >= 11 is 0. The van der Waals surface area contributed by atoms with Crippen LogP contribution in [0.15, 0.2) is 42.5 Å². The van der Waals surface area contributed by atoms with Gasteiger partial charge in [-0.3, -0.25) is 4.79 Å². The first kappa shape index (κ1) is 13.2. The molecule has 4 nitrogen and oxygen atoms in total. The van der Waals surface area contributed by atoms with Crippen LogP contribution in [0.25, 0.3) is 10.9 Å². The van der Waals surface area contributed by atoms with Gasteiger partial charge in [-0.05, 0) is 48.9 Å². The second kappa shape index (κ2) is 4.94. The van der Waals surface area contributed by atoms with Crippen LogP contribution in [0.1, 0.15) is 16.1 Å². The number of nitrogens with one attached hydrogen (secondary N) is 2. The Labute approximate surface area is 120 Å². The summed E-state index contributed by atoms with van der Waals surface area (Å²) in [6.45, 7) is 1.84. The number of halogens is 1. The second-order valence-corrected chi connectivity index (χ2v) is 4.89. The summed E-state index contributed by atoms with van der Waals surface area (Å²) in [5.41, 5.74) is 2.20. The number of amides is 1. The molecule has 0 radical (unpaired) electrons. The minimum absolute atomic E-state index is 0.00510. The van der Waals surface area contributed by atoms with Crippen molar-refractivity contribution in [2.75, 3.05) is 5.32 Å². The number of fused-ring (bicyclic) bond motifs is 1. The summed E-state index contributed by atoms with van der Waals surface area (Å²) in [6, 6.07) is 10.8. The smallest absolute Gasteiger partial charge is 0.272 e. The minimum atomic E-state index is -0.397. The minimum Gasteiger partial charge on any atom is -0.506 e. The molecule has 5 heteroatoms. The van der Waals surface area contributed by atoms with Gasteiger partial charge in [0.2, 0.25) is 0 Å². The molecule has 0 aliphatic heterocycles.